The van der Waals surface area contributed by atoms with Crippen LogP contribution in [0.2, 0.25) is 0 Å². The van der Waals surface area contributed by atoms with Crippen LogP contribution in [0.5, 0.6) is 5.75 Å². The maximum absolute atomic E-state index is 8.53. The van der Waals surface area contributed by atoms with Gasteiger partial charge in [-0.3, -0.25) is 0 Å². The molecule has 2 N–H and O–H groups in total. The van der Waals surface area contributed by atoms with Gasteiger partial charge in [0.25, 0.3) is 0 Å². The molecule has 0 saturated carbocycles. The first kappa shape index (κ1) is 9.82. The fourth-order valence-corrected chi connectivity index (χ4v) is 0.839. The summed E-state index contributed by atoms with van der Waals surface area (Å²) in [6, 6.07) is 3.16. The average Bonchev–Trinajstić information content (AvgIpc) is 2.03. The average molecular weight is 182 g/mol. The van der Waals surface area contributed by atoms with Crippen LogP contribution in [0, 0.1) is 0 Å². The lowest BCUT2D eigenvalue weighted by molar-refractivity contribution is 0.288. The van der Waals surface area contributed by atoms with E-state index in [2.05, 4.69) is 9.64 Å². The molecule has 1 heterocycles. The number of hydrogen-bond donors (Lipinski definition) is 2. The zero-order valence-electron chi connectivity index (χ0n) is 7.51. The van der Waals surface area contributed by atoms with E-state index in [-0.39, 0.29) is 0 Å². The van der Waals surface area contributed by atoms with Gasteiger partial charge in [-0.15, -0.1) is 0 Å². The maximum Gasteiger partial charge on any atom is 0.707 e. The van der Waals surface area contributed by atoms with Crippen molar-refractivity contribution in [1.29, 1.82) is 0 Å². The summed E-state index contributed by atoms with van der Waals surface area (Å²) in [4.78, 5) is 5.82. The minimum Gasteiger partial charge on any atom is -0.512 e. The topological polar surface area (TPSA) is 65.8 Å². The minimum atomic E-state index is -1.79. The maximum atomic E-state index is 8.53. The summed E-state index contributed by atoms with van der Waals surface area (Å²) in [5, 5.41) is 17.1. The zero-order chi connectivity index (χ0) is 9.84. The van der Waals surface area contributed by atoms with Crippen molar-refractivity contribution in [3.63, 3.8) is 0 Å². The Labute approximate surface area is 76.8 Å². The third kappa shape index (κ3) is 2.92. The van der Waals surface area contributed by atoms with Crippen molar-refractivity contribution in [2.45, 2.75) is 0 Å². The quantitative estimate of drug-likeness (QED) is 0.616. The summed E-state index contributed by atoms with van der Waals surface area (Å²) < 4.78 is 4.65. The molecule has 0 spiro atoms. The van der Waals surface area contributed by atoms with Crippen molar-refractivity contribution in [2.24, 2.45) is 0 Å². The highest BCUT2D eigenvalue weighted by Gasteiger charge is 2.11. The summed E-state index contributed by atoms with van der Waals surface area (Å²) in [5.74, 6) is 1.06. The smallest absolute Gasteiger partial charge is 0.512 e. The highest BCUT2D eigenvalue weighted by molar-refractivity contribution is 6.33. The fraction of sp³-hybridized carbons (Fsp3) is 0.286. The SMILES string of the molecule is CN(C)c1cc(OB(O)O)ccn1. The number of pyridine rings is 1. The van der Waals surface area contributed by atoms with Crippen LogP contribution < -0.4 is 9.55 Å². The van der Waals surface area contributed by atoms with Gasteiger partial charge in [0.2, 0.25) is 0 Å². The van der Waals surface area contributed by atoms with Crippen LogP contribution in [0.1, 0.15) is 0 Å². The number of rotatable bonds is 3. The molecule has 0 saturated heterocycles. The van der Waals surface area contributed by atoms with Crippen molar-refractivity contribution < 1.29 is 14.7 Å². The Kier molecular flexibility index (Phi) is 3.10. The van der Waals surface area contributed by atoms with Crippen LogP contribution in [-0.4, -0.2) is 36.4 Å². The van der Waals surface area contributed by atoms with Crippen LogP contribution in [0.15, 0.2) is 18.3 Å². The van der Waals surface area contributed by atoms with Gasteiger partial charge in [-0.25, -0.2) is 4.98 Å². The summed E-state index contributed by atoms with van der Waals surface area (Å²) in [6.07, 6.45) is 1.53. The summed E-state index contributed by atoms with van der Waals surface area (Å²) in [6.45, 7) is 0. The second-order valence-corrected chi connectivity index (χ2v) is 2.69. The van der Waals surface area contributed by atoms with Gasteiger partial charge >= 0.3 is 7.32 Å². The van der Waals surface area contributed by atoms with Crippen LogP contribution in [0.4, 0.5) is 5.82 Å². The van der Waals surface area contributed by atoms with Crippen molar-refractivity contribution in [2.75, 3.05) is 19.0 Å². The van der Waals surface area contributed by atoms with Crippen molar-refractivity contribution in [3.8, 4) is 5.75 Å². The second-order valence-electron chi connectivity index (χ2n) is 2.69. The minimum absolute atomic E-state index is 0.369. The lowest BCUT2D eigenvalue weighted by atomic mass is 10.2. The number of hydrogen-bond acceptors (Lipinski definition) is 5. The summed E-state index contributed by atoms with van der Waals surface area (Å²) in [7, 11) is 1.88. The molecule has 0 radical (unpaired) electrons. The first-order valence-electron chi connectivity index (χ1n) is 3.76. The third-order valence-electron chi connectivity index (χ3n) is 1.42. The number of aromatic nitrogens is 1. The Balaban J connectivity index is 2.79. The van der Waals surface area contributed by atoms with E-state index in [1.54, 1.807) is 17.0 Å². The van der Waals surface area contributed by atoms with Gasteiger partial charge in [0.15, 0.2) is 0 Å². The Morgan fingerprint density at radius 1 is 1.46 bits per heavy atom. The van der Waals surface area contributed by atoms with Crippen molar-refractivity contribution in [3.05, 3.63) is 18.3 Å². The highest BCUT2D eigenvalue weighted by Crippen LogP contribution is 2.16. The Hall–Kier alpha value is -1.27. The van der Waals surface area contributed by atoms with E-state index in [0.29, 0.717) is 11.6 Å². The standard InChI is InChI=1S/C7H11BN2O3/c1-10(2)7-5-6(3-4-9-7)13-8(11)12/h3-5,11-12H,1-2H3. The normalized spacial score (nSPS) is 9.54. The van der Waals surface area contributed by atoms with Gasteiger partial charge in [0.1, 0.15) is 11.6 Å². The van der Waals surface area contributed by atoms with E-state index in [1.165, 1.54) is 6.20 Å². The van der Waals surface area contributed by atoms with Crippen LogP contribution in [-0.2, 0) is 0 Å². The second kappa shape index (κ2) is 4.11. The van der Waals surface area contributed by atoms with Crippen molar-refractivity contribution >= 4 is 13.1 Å². The first-order valence-corrected chi connectivity index (χ1v) is 3.76. The zero-order valence-corrected chi connectivity index (χ0v) is 7.51. The van der Waals surface area contributed by atoms with E-state index in [9.17, 15) is 0 Å². The van der Waals surface area contributed by atoms with Gasteiger partial charge in [0.05, 0.1) is 0 Å². The molecule has 0 aliphatic heterocycles. The predicted molar refractivity (Wildman–Crippen MR) is 49.4 cm³/mol. The lowest BCUT2D eigenvalue weighted by Crippen LogP contribution is -2.21. The molecule has 1 aromatic heterocycles. The molecule has 0 aliphatic carbocycles. The molecule has 70 valence electrons. The Morgan fingerprint density at radius 2 is 2.15 bits per heavy atom. The largest absolute Gasteiger partial charge is 0.707 e. The monoisotopic (exact) mass is 182 g/mol. The molecule has 0 atom stereocenters. The Bertz CT molecular complexity index is 280. The summed E-state index contributed by atoms with van der Waals surface area (Å²) >= 11 is 0. The molecule has 0 aromatic carbocycles. The lowest BCUT2D eigenvalue weighted by Gasteiger charge is -2.12. The van der Waals surface area contributed by atoms with E-state index >= 15 is 0 Å². The molecule has 0 unspecified atom stereocenters. The molecular weight excluding hydrogens is 171 g/mol. The first-order chi connectivity index (χ1) is 6.09. The third-order valence-corrected chi connectivity index (χ3v) is 1.42. The fourth-order valence-electron chi connectivity index (χ4n) is 0.839. The molecule has 6 heteroatoms. The molecule has 0 bridgehead atoms. The number of anilines is 1. The van der Waals surface area contributed by atoms with Crippen LogP contribution in [0.25, 0.3) is 0 Å². The predicted octanol–water partition coefficient (Wildman–Crippen LogP) is -0.504. The molecule has 0 amide bonds. The van der Waals surface area contributed by atoms with E-state index < -0.39 is 7.32 Å². The molecule has 0 fully saturated rings. The van der Waals surface area contributed by atoms with E-state index in [1.807, 2.05) is 14.1 Å². The molecule has 1 rings (SSSR count). The van der Waals surface area contributed by atoms with Gasteiger partial charge in [0, 0.05) is 26.4 Å². The highest BCUT2D eigenvalue weighted by atomic mass is 16.6. The molecule has 1 aromatic rings. The Morgan fingerprint density at radius 3 is 2.69 bits per heavy atom. The van der Waals surface area contributed by atoms with Gasteiger partial charge in [-0.05, 0) is 6.07 Å². The van der Waals surface area contributed by atoms with Gasteiger partial charge in [-0.1, -0.05) is 0 Å². The number of nitrogens with zero attached hydrogens (tertiary/aromatic N) is 2. The van der Waals surface area contributed by atoms with Gasteiger partial charge < -0.3 is 19.6 Å². The molecule has 5 nitrogen and oxygen atoms in total. The van der Waals surface area contributed by atoms with Crippen molar-refractivity contribution in [1.82, 2.24) is 4.98 Å². The van der Waals surface area contributed by atoms with Gasteiger partial charge in [-0.2, -0.15) is 0 Å². The van der Waals surface area contributed by atoms with E-state index in [0.717, 1.165) is 0 Å². The molecule has 13 heavy (non-hydrogen) atoms. The van der Waals surface area contributed by atoms with Crippen LogP contribution >= 0.6 is 0 Å². The van der Waals surface area contributed by atoms with E-state index in [4.69, 9.17) is 10.0 Å². The molecule has 0 aliphatic rings. The summed E-state index contributed by atoms with van der Waals surface area (Å²) in [5.41, 5.74) is 0. The van der Waals surface area contributed by atoms with Crippen LogP contribution in [0.3, 0.4) is 0 Å². The molecular formula is C7H11BN2O3.